The average molecular weight is 308 g/mol. The molecule has 2 aromatic rings. The van der Waals surface area contributed by atoms with Crippen LogP contribution in [0.2, 0.25) is 0 Å². The Kier molecular flexibility index (Phi) is 4.52. The van der Waals surface area contributed by atoms with Gasteiger partial charge in [0.1, 0.15) is 16.1 Å². The summed E-state index contributed by atoms with van der Waals surface area (Å²) in [6.45, 7) is 3.23. The van der Waals surface area contributed by atoms with Gasteiger partial charge in [0.2, 0.25) is 0 Å². The molecule has 112 valence electrons. The summed E-state index contributed by atoms with van der Waals surface area (Å²) >= 11 is 1.24. The lowest BCUT2D eigenvalue weighted by Crippen LogP contribution is -2.11. The lowest BCUT2D eigenvalue weighted by molar-refractivity contribution is -0.120. The molecule has 6 nitrogen and oxygen atoms in total. The Morgan fingerprint density at radius 2 is 1.86 bits per heavy atom. The Bertz CT molecular complexity index is 655. The number of nitrogens with zero attached hydrogens (tertiary/aromatic N) is 2. The first-order valence-corrected chi connectivity index (χ1v) is 7.21. The highest BCUT2D eigenvalue weighted by atomic mass is 32.1. The van der Waals surface area contributed by atoms with Crippen LogP contribution in [0.3, 0.4) is 0 Å². The van der Waals surface area contributed by atoms with Crippen molar-refractivity contribution < 1.29 is 19.1 Å². The zero-order valence-corrected chi connectivity index (χ0v) is 13.1. The second kappa shape index (κ2) is 6.17. The van der Waals surface area contributed by atoms with Crippen molar-refractivity contribution in [2.24, 2.45) is 5.92 Å². The van der Waals surface area contributed by atoms with Gasteiger partial charge in [-0.3, -0.25) is 9.59 Å². The summed E-state index contributed by atoms with van der Waals surface area (Å²) in [5.41, 5.74) is 0.580. The summed E-state index contributed by atoms with van der Waals surface area (Å²) in [4.78, 5) is 33.1. The van der Waals surface area contributed by atoms with Crippen LogP contribution in [0, 0.1) is 5.92 Å². The Hall–Kier alpha value is -2.02. The SMILES string of the molecule is COc1nc2cc(C(=O)CC(C)C(C)=O)sc2nc1OC. The number of hydrogen-bond acceptors (Lipinski definition) is 7. The highest BCUT2D eigenvalue weighted by Gasteiger charge is 2.19. The van der Waals surface area contributed by atoms with Crippen LogP contribution in [0.5, 0.6) is 11.8 Å². The second-order valence-corrected chi connectivity index (χ2v) is 5.71. The van der Waals surface area contributed by atoms with E-state index in [1.807, 2.05) is 0 Å². The van der Waals surface area contributed by atoms with Crippen LogP contribution in [-0.4, -0.2) is 35.8 Å². The molecule has 0 spiro atoms. The lowest BCUT2D eigenvalue weighted by atomic mass is 10.0. The van der Waals surface area contributed by atoms with Crippen LogP contribution in [0.4, 0.5) is 0 Å². The molecule has 0 amide bonds. The first kappa shape index (κ1) is 15.4. The van der Waals surface area contributed by atoms with Crippen molar-refractivity contribution in [2.45, 2.75) is 20.3 Å². The molecule has 0 aliphatic rings. The number of fused-ring (bicyclic) bond motifs is 1. The first-order valence-electron chi connectivity index (χ1n) is 6.39. The number of hydrogen-bond donors (Lipinski definition) is 0. The molecule has 2 heterocycles. The molecule has 0 aliphatic carbocycles. The van der Waals surface area contributed by atoms with E-state index in [1.54, 1.807) is 13.0 Å². The Labute approximate surface area is 126 Å². The van der Waals surface area contributed by atoms with E-state index < -0.39 is 0 Å². The molecular formula is C14H16N2O4S. The first-order chi connectivity index (χ1) is 9.96. The number of ketones is 2. The maximum atomic E-state index is 12.2. The van der Waals surface area contributed by atoms with Crippen LogP contribution >= 0.6 is 11.3 Å². The summed E-state index contributed by atoms with van der Waals surface area (Å²) in [5, 5.41) is 0. The van der Waals surface area contributed by atoms with Crippen molar-refractivity contribution in [3.05, 3.63) is 10.9 Å². The van der Waals surface area contributed by atoms with Crippen molar-refractivity contribution in [3.63, 3.8) is 0 Å². The van der Waals surface area contributed by atoms with E-state index in [9.17, 15) is 9.59 Å². The van der Waals surface area contributed by atoms with Gasteiger partial charge in [-0.25, -0.2) is 4.98 Å². The summed E-state index contributed by atoms with van der Waals surface area (Å²) in [6.07, 6.45) is 0.191. The van der Waals surface area contributed by atoms with Crippen LogP contribution in [-0.2, 0) is 4.79 Å². The fourth-order valence-corrected chi connectivity index (χ4v) is 2.67. The van der Waals surface area contributed by atoms with Crippen molar-refractivity contribution in [3.8, 4) is 11.8 Å². The molecule has 1 unspecified atom stereocenters. The summed E-state index contributed by atoms with van der Waals surface area (Å²) in [5.74, 6) is 0.194. The van der Waals surface area contributed by atoms with Crippen LogP contribution in [0.15, 0.2) is 6.07 Å². The number of carbonyl (C=O) groups excluding carboxylic acids is 2. The second-order valence-electron chi connectivity index (χ2n) is 4.68. The molecule has 0 fully saturated rings. The normalized spacial score (nSPS) is 12.2. The fourth-order valence-electron chi connectivity index (χ4n) is 1.76. The van der Waals surface area contributed by atoms with E-state index in [0.717, 1.165) is 0 Å². The van der Waals surface area contributed by atoms with Gasteiger partial charge in [0.05, 0.1) is 19.1 Å². The average Bonchev–Trinajstić information content (AvgIpc) is 2.88. The molecule has 2 aromatic heterocycles. The van der Waals surface area contributed by atoms with Gasteiger partial charge in [-0.1, -0.05) is 6.92 Å². The Morgan fingerprint density at radius 3 is 2.43 bits per heavy atom. The van der Waals surface area contributed by atoms with Gasteiger partial charge in [0, 0.05) is 12.3 Å². The standard InChI is InChI=1S/C14H16N2O4S/c1-7(8(2)17)5-10(18)11-6-9-14(21-11)16-13(20-4)12(15-9)19-3/h6-7H,5H2,1-4H3. The number of rotatable bonds is 6. The number of Topliss-reactive ketones (excluding diaryl/α,β-unsaturated/α-hetero) is 2. The zero-order valence-electron chi connectivity index (χ0n) is 12.3. The maximum absolute atomic E-state index is 12.2. The molecule has 0 saturated heterocycles. The lowest BCUT2D eigenvalue weighted by Gasteiger charge is -2.03. The number of ether oxygens (including phenoxy) is 2. The van der Waals surface area contributed by atoms with Crippen LogP contribution in [0.25, 0.3) is 10.3 Å². The number of carbonyl (C=O) groups is 2. The maximum Gasteiger partial charge on any atom is 0.279 e. The number of aromatic nitrogens is 2. The quantitative estimate of drug-likeness (QED) is 0.763. The monoisotopic (exact) mass is 308 g/mol. The van der Waals surface area contributed by atoms with E-state index in [4.69, 9.17) is 9.47 Å². The molecule has 7 heteroatoms. The van der Waals surface area contributed by atoms with E-state index in [1.165, 1.54) is 32.5 Å². The molecular weight excluding hydrogens is 292 g/mol. The van der Waals surface area contributed by atoms with Crippen molar-refractivity contribution >= 4 is 33.3 Å². The van der Waals surface area contributed by atoms with Gasteiger partial charge >= 0.3 is 0 Å². The Morgan fingerprint density at radius 1 is 1.24 bits per heavy atom. The minimum atomic E-state index is -0.285. The van der Waals surface area contributed by atoms with E-state index in [0.29, 0.717) is 15.2 Å². The minimum absolute atomic E-state index is 0.00375. The third-order valence-corrected chi connectivity index (χ3v) is 4.21. The molecule has 0 N–H and O–H groups in total. The third kappa shape index (κ3) is 3.18. The van der Waals surface area contributed by atoms with Crippen molar-refractivity contribution in [1.29, 1.82) is 0 Å². The molecule has 2 rings (SSSR count). The van der Waals surface area contributed by atoms with Gasteiger partial charge < -0.3 is 9.47 Å². The molecule has 1 atom stereocenters. The third-order valence-electron chi connectivity index (χ3n) is 3.15. The largest absolute Gasteiger partial charge is 0.477 e. The zero-order chi connectivity index (χ0) is 15.6. The molecule has 0 aliphatic heterocycles. The molecule has 0 radical (unpaired) electrons. The van der Waals surface area contributed by atoms with Gasteiger partial charge in [-0.15, -0.1) is 11.3 Å². The summed E-state index contributed by atoms with van der Waals surface area (Å²) < 4.78 is 10.2. The fraction of sp³-hybridized carbons (Fsp3) is 0.429. The Balaban J connectivity index is 2.34. The predicted molar refractivity (Wildman–Crippen MR) is 79.3 cm³/mol. The van der Waals surface area contributed by atoms with E-state index in [2.05, 4.69) is 9.97 Å². The highest BCUT2D eigenvalue weighted by molar-refractivity contribution is 7.20. The molecule has 0 bridgehead atoms. The topological polar surface area (TPSA) is 78.4 Å². The summed E-state index contributed by atoms with van der Waals surface area (Å²) in [7, 11) is 2.96. The number of thiophene rings is 1. The smallest absolute Gasteiger partial charge is 0.279 e. The van der Waals surface area contributed by atoms with Crippen LogP contribution < -0.4 is 9.47 Å². The highest BCUT2D eigenvalue weighted by Crippen LogP contribution is 2.31. The van der Waals surface area contributed by atoms with E-state index in [-0.39, 0.29) is 35.7 Å². The van der Waals surface area contributed by atoms with Crippen molar-refractivity contribution in [1.82, 2.24) is 9.97 Å². The van der Waals surface area contributed by atoms with Gasteiger partial charge in [0.15, 0.2) is 5.78 Å². The number of methoxy groups -OCH3 is 2. The molecule has 21 heavy (non-hydrogen) atoms. The van der Waals surface area contributed by atoms with Gasteiger partial charge in [0.25, 0.3) is 11.8 Å². The van der Waals surface area contributed by atoms with Gasteiger partial charge in [-0.05, 0) is 13.0 Å². The van der Waals surface area contributed by atoms with Crippen LogP contribution in [0.1, 0.15) is 29.9 Å². The predicted octanol–water partition coefficient (Wildman–Crippen LogP) is 2.51. The van der Waals surface area contributed by atoms with Gasteiger partial charge in [-0.2, -0.15) is 4.98 Å². The van der Waals surface area contributed by atoms with Crippen molar-refractivity contribution in [2.75, 3.05) is 14.2 Å². The molecule has 0 saturated carbocycles. The summed E-state index contributed by atoms with van der Waals surface area (Å²) in [6, 6.07) is 1.67. The minimum Gasteiger partial charge on any atom is -0.477 e. The van der Waals surface area contributed by atoms with E-state index >= 15 is 0 Å². The molecule has 0 aromatic carbocycles.